The highest BCUT2D eigenvalue weighted by atomic mass is 35.5. The summed E-state index contributed by atoms with van der Waals surface area (Å²) in [6, 6.07) is 7.49. The molecule has 1 aliphatic rings. The van der Waals surface area contributed by atoms with E-state index in [2.05, 4.69) is 0 Å². The van der Waals surface area contributed by atoms with Gasteiger partial charge in [0.1, 0.15) is 11.7 Å². The van der Waals surface area contributed by atoms with Crippen LogP contribution in [0.4, 0.5) is 10.1 Å². The third-order valence-electron chi connectivity index (χ3n) is 4.65. The largest absolute Gasteiger partial charge is 0.298 e. The summed E-state index contributed by atoms with van der Waals surface area (Å²) in [7, 11) is 0. The SMILES string of the molecule is CC(C)C(=O)C1C(=O)C(=O)N(c2cccc(Cl)c2F)C1c1ccc(Cl)cc1Cl. The van der Waals surface area contributed by atoms with Crippen molar-refractivity contribution in [2.24, 2.45) is 11.8 Å². The summed E-state index contributed by atoms with van der Waals surface area (Å²) in [4.78, 5) is 39.3. The Bertz CT molecular complexity index is 993. The van der Waals surface area contributed by atoms with Crippen LogP contribution in [0.2, 0.25) is 15.1 Å². The summed E-state index contributed by atoms with van der Waals surface area (Å²) < 4.78 is 14.7. The minimum absolute atomic E-state index is 0.161. The molecule has 3 rings (SSSR count). The first-order valence-corrected chi connectivity index (χ1v) is 9.58. The lowest BCUT2D eigenvalue weighted by Crippen LogP contribution is -2.32. The van der Waals surface area contributed by atoms with Gasteiger partial charge in [-0.3, -0.25) is 19.3 Å². The van der Waals surface area contributed by atoms with Crippen LogP contribution in [0.25, 0.3) is 0 Å². The van der Waals surface area contributed by atoms with Crippen molar-refractivity contribution in [3.8, 4) is 0 Å². The zero-order chi connectivity index (χ0) is 20.7. The molecule has 0 aliphatic carbocycles. The van der Waals surface area contributed by atoms with Gasteiger partial charge in [0.15, 0.2) is 5.82 Å². The van der Waals surface area contributed by atoms with Crippen LogP contribution in [0, 0.1) is 17.7 Å². The number of hydrogen-bond acceptors (Lipinski definition) is 3. The molecule has 2 aromatic carbocycles. The molecule has 2 aromatic rings. The van der Waals surface area contributed by atoms with Crippen LogP contribution in [0.5, 0.6) is 0 Å². The van der Waals surface area contributed by atoms with E-state index >= 15 is 0 Å². The van der Waals surface area contributed by atoms with E-state index in [1.165, 1.54) is 36.4 Å². The monoisotopic (exact) mass is 441 g/mol. The van der Waals surface area contributed by atoms with E-state index in [0.29, 0.717) is 10.6 Å². The van der Waals surface area contributed by atoms with Gasteiger partial charge >= 0.3 is 0 Å². The smallest absolute Gasteiger partial charge is 0.295 e. The first kappa shape index (κ1) is 20.8. The van der Waals surface area contributed by atoms with Gasteiger partial charge < -0.3 is 0 Å². The Balaban J connectivity index is 2.27. The van der Waals surface area contributed by atoms with Gasteiger partial charge in [-0.1, -0.05) is 60.8 Å². The molecule has 1 amide bonds. The van der Waals surface area contributed by atoms with Crippen LogP contribution in [0.3, 0.4) is 0 Å². The normalized spacial score (nSPS) is 19.6. The molecule has 4 nitrogen and oxygen atoms in total. The van der Waals surface area contributed by atoms with Crippen molar-refractivity contribution in [3.05, 3.63) is 62.8 Å². The van der Waals surface area contributed by atoms with E-state index in [1.807, 2.05) is 0 Å². The van der Waals surface area contributed by atoms with Crippen LogP contribution in [0.15, 0.2) is 36.4 Å². The molecule has 0 radical (unpaired) electrons. The average Bonchev–Trinajstić information content (AvgIpc) is 2.88. The molecule has 0 saturated carbocycles. The highest BCUT2D eigenvalue weighted by Gasteiger charge is 2.53. The Morgan fingerprint density at radius 3 is 2.36 bits per heavy atom. The number of hydrogen-bond donors (Lipinski definition) is 0. The number of nitrogens with zero attached hydrogens (tertiary/aromatic N) is 1. The maximum absolute atomic E-state index is 14.7. The van der Waals surface area contributed by atoms with E-state index in [-0.39, 0.29) is 15.7 Å². The summed E-state index contributed by atoms with van der Waals surface area (Å²) >= 11 is 18.1. The second kappa shape index (κ2) is 7.82. The standard InChI is InChI=1S/C20H15Cl3FNO3/c1-9(2)18(26)15-17(11-7-6-10(21)8-13(11)23)25(20(28)19(15)27)14-5-3-4-12(22)16(14)24/h3-9,15,17H,1-2H3. The lowest BCUT2D eigenvalue weighted by atomic mass is 9.85. The molecule has 0 bridgehead atoms. The Morgan fingerprint density at radius 2 is 1.75 bits per heavy atom. The van der Waals surface area contributed by atoms with Gasteiger partial charge in [0.05, 0.1) is 16.8 Å². The molecule has 1 saturated heterocycles. The number of Topliss-reactive ketones (excluding diaryl/α,β-unsaturated/α-hetero) is 2. The molecule has 146 valence electrons. The molecular weight excluding hydrogens is 428 g/mol. The summed E-state index contributed by atoms with van der Waals surface area (Å²) in [5.74, 6) is -5.02. The van der Waals surface area contributed by atoms with E-state index < -0.39 is 41.2 Å². The highest BCUT2D eigenvalue weighted by Crippen LogP contribution is 2.45. The van der Waals surface area contributed by atoms with Crippen molar-refractivity contribution in [1.82, 2.24) is 0 Å². The number of amides is 1. The number of rotatable bonds is 4. The molecule has 0 N–H and O–H groups in total. The molecule has 8 heteroatoms. The van der Waals surface area contributed by atoms with Crippen molar-refractivity contribution in [1.29, 1.82) is 0 Å². The fourth-order valence-corrected chi connectivity index (χ4v) is 4.00. The summed E-state index contributed by atoms with van der Waals surface area (Å²) in [5, 5.41) is 0.294. The highest BCUT2D eigenvalue weighted by molar-refractivity contribution is 6.48. The summed E-state index contributed by atoms with van der Waals surface area (Å²) in [6.07, 6.45) is 0. The van der Waals surface area contributed by atoms with E-state index in [4.69, 9.17) is 34.8 Å². The quantitative estimate of drug-likeness (QED) is 0.478. The third-order valence-corrected chi connectivity index (χ3v) is 5.51. The molecule has 0 aromatic heterocycles. The van der Waals surface area contributed by atoms with Gasteiger partial charge in [-0.05, 0) is 29.8 Å². The number of carbonyl (C=O) groups is 3. The first-order valence-electron chi connectivity index (χ1n) is 8.45. The molecule has 1 aliphatic heterocycles. The minimum Gasteiger partial charge on any atom is -0.298 e. The van der Waals surface area contributed by atoms with Crippen LogP contribution in [-0.4, -0.2) is 17.5 Å². The number of halogens is 4. The van der Waals surface area contributed by atoms with Crippen LogP contribution in [0.1, 0.15) is 25.5 Å². The van der Waals surface area contributed by atoms with E-state index in [9.17, 15) is 18.8 Å². The zero-order valence-electron chi connectivity index (χ0n) is 14.9. The zero-order valence-corrected chi connectivity index (χ0v) is 17.1. The van der Waals surface area contributed by atoms with Crippen molar-refractivity contribution in [3.63, 3.8) is 0 Å². The van der Waals surface area contributed by atoms with Crippen molar-refractivity contribution in [2.45, 2.75) is 19.9 Å². The van der Waals surface area contributed by atoms with Gasteiger partial charge in [0.2, 0.25) is 5.78 Å². The van der Waals surface area contributed by atoms with Gasteiger partial charge in [-0.25, -0.2) is 4.39 Å². The second-order valence-electron chi connectivity index (χ2n) is 6.76. The molecule has 0 spiro atoms. The second-order valence-corrected chi connectivity index (χ2v) is 8.01. The number of carbonyl (C=O) groups excluding carboxylic acids is 3. The van der Waals surface area contributed by atoms with Gasteiger partial charge in [0.25, 0.3) is 5.91 Å². The topological polar surface area (TPSA) is 54.5 Å². The van der Waals surface area contributed by atoms with Gasteiger partial charge in [-0.2, -0.15) is 0 Å². The fraction of sp³-hybridized carbons (Fsp3) is 0.250. The summed E-state index contributed by atoms with van der Waals surface area (Å²) in [6.45, 7) is 3.26. The minimum atomic E-state index is -1.32. The number of anilines is 1. The van der Waals surface area contributed by atoms with Crippen LogP contribution < -0.4 is 4.90 Å². The van der Waals surface area contributed by atoms with Crippen LogP contribution in [-0.2, 0) is 14.4 Å². The molecule has 2 unspecified atom stereocenters. The average molecular weight is 443 g/mol. The first-order chi connectivity index (χ1) is 13.1. The van der Waals surface area contributed by atoms with Gasteiger partial charge in [0, 0.05) is 16.0 Å². The maximum atomic E-state index is 14.7. The van der Waals surface area contributed by atoms with E-state index in [1.54, 1.807) is 13.8 Å². The number of ketones is 2. The van der Waals surface area contributed by atoms with Crippen molar-refractivity contribution < 1.29 is 18.8 Å². The molecule has 1 fully saturated rings. The Labute approximate surface area is 176 Å². The molecule has 2 atom stereocenters. The molecule has 28 heavy (non-hydrogen) atoms. The summed E-state index contributed by atoms with van der Waals surface area (Å²) in [5.41, 5.74) is 0.129. The molecule has 1 heterocycles. The van der Waals surface area contributed by atoms with Crippen molar-refractivity contribution in [2.75, 3.05) is 4.90 Å². The van der Waals surface area contributed by atoms with Crippen LogP contribution >= 0.6 is 34.8 Å². The predicted octanol–water partition coefficient (Wildman–Crippen LogP) is 5.28. The van der Waals surface area contributed by atoms with Gasteiger partial charge in [-0.15, -0.1) is 0 Å². The predicted molar refractivity (Wildman–Crippen MR) is 106 cm³/mol. The maximum Gasteiger partial charge on any atom is 0.295 e. The lowest BCUT2D eigenvalue weighted by molar-refractivity contribution is -0.139. The Morgan fingerprint density at radius 1 is 1.07 bits per heavy atom. The fourth-order valence-electron chi connectivity index (χ4n) is 3.31. The van der Waals surface area contributed by atoms with E-state index in [0.717, 1.165) is 4.90 Å². The Hall–Kier alpha value is -1.95. The Kier molecular flexibility index (Phi) is 5.80. The molecular formula is C20H15Cl3FNO3. The third kappa shape index (κ3) is 3.43. The van der Waals surface area contributed by atoms with Crippen molar-refractivity contribution >= 4 is 58.0 Å². The number of benzene rings is 2. The lowest BCUT2D eigenvalue weighted by Gasteiger charge is -2.29.